The summed E-state index contributed by atoms with van der Waals surface area (Å²) in [6, 6.07) is 11.2. The van der Waals surface area contributed by atoms with Crippen LogP contribution in [0.5, 0.6) is 0 Å². The molecule has 0 atom stereocenters. The molecule has 1 N–H and O–H groups in total. The first kappa shape index (κ1) is 12.6. The van der Waals surface area contributed by atoms with Gasteiger partial charge in [-0.25, -0.2) is 4.98 Å². The lowest BCUT2D eigenvalue weighted by atomic mass is 10.1. The third-order valence-electron chi connectivity index (χ3n) is 2.52. The zero-order valence-electron chi connectivity index (χ0n) is 9.98. The summed E-state index contributed by atoms with van der Waals surface area (Å²) >= 11 is 5.74. The maximum atomic E-state index is 11.9. The van der Waals surface area contributed by atoms with E-state index >= 15 is 0 Å². The molecule has 1 heterocycles. The molecular formula is C14H13ClN2O. The second-order valence-electron chi connectivity index (χ2n) is 4.04. The van der Waals surface area contributed by atoms with Crippen molar-refractivity contribution in [1.29, 1.82) is 0 Å². The predicted octanol–water partition coefficient (Wildman–Crippen LogP) is 2.97. The van der Waals surface area contributed by atoms with Gasteiger partial charge in [0.2, 0.25) is 0 Å². The molecule has 3 nitrogen and oxygen atoms in total. The van der Waals surface area contributed by atoms with E-state index in [1.807, 2.05) is 31.2 Å². The van der Waals surface area contributed by atoms with Crippen LogP contribution in [-0.4, -0.2) is 10.9 Å². The molecule has 0 saturated heterocycles. The highest BCUT2D eigenvalue weighted by molar-refractivity contribution is 6.29. The molecule has 18 heavy (non-hydrogen) atoms. The van der Waals surface area contributed by atoms with E-state index in [2.05, 4.69) is 10.3 Å². The van der Waals surface area contributed by atoms with Crippen LogP contribution >= 0.6 is 11.6 Å². The number of pyridine rings is 1. The Balaban J connectivity index is 2.00. The van der Waals surface area contributed by atoms with Crippen LogP contribution in [0.1, 0.15) is 21.5 Å². The molecule has 4 heteroatoms. The van der Waals surface area contributed by atoms with Crippen LogP contribution in [0.25, 0.3) is 0 Å². The smallest absolute Gasteiger partial charge is 0.251 e. The standard InChI is InChI=1S/C14H13ClN2O/c1-10-3-2-4-11(7-10)9-17-14(18)12-5-6-16-13(15)8-12/h2-8H,9H2,1H3,(H,17,18). The van der Waals surface area contributed by atoms with Crippen molar-refractivity contribution in [2.45, 2.75) is 13.5 Å². The first-order chi connectivity index (χ1) is 8.65. The number of hydrogen-bond acceptors (Lipinski definition) is 2. The Morgan fingerprint density at radius 1 is 1.33 bits per heavy atom. The molecule has 0 radical (unpaired) electrons. The molecule has 1 aromatic carbocycles. The van der Waals surface area contributed by atoms with Crippen LogP contribution in [0.2, 0.25) is 5.15 Å². The lowest BCUT2D eigenvalue weighted by molar-refractivity contribution is 0.0951. The van der Waals surface area contributed by atoms with E-state index in [0.717, 1.165) is 5.56 Å². The predicted molar refractivity (Wildman–Crippen MR) is 71.6 cm³/mol. The Labute approximate surface area is 111 Å². The van der Waals surface area contributed by atoms with E-state index < -0.39 is 0 Å². The first-order valence-electron chi connectivity index (χ1n) is 5.60. The molecule has 1 aromatic heterocycles. The van der Waals surface area contributed by atoms with Crippen LogP contribution < -0.4 is 5.32 Å². The van der Waals surface area contributed by atoms with Crippen molar-refractivity contribution in [3.8, 4) is 0 Å². The number of aryl methyl sites for hydroxylation is 1. The minimum atomic E-state index is -0.152. The molecule has 0 unspecified atom stereocenters. The summed E-state index contributed by atoms with van der Waals surface area (Å²) < 4.78 is 0. The van der Waals surface area contributed by atoms with E-state index in [0.29, 0.717) is 17.3 Å². The summed E-state index contributed by atoms with van der Waals surface area (Å²) in [6.07, 6.45) is 1.52. The maximum Gasteiger partial charge on any atom is 0.251 e. The van der Waals surface area contributed by atoms with Crippen LogP contribution in [0, 0.1) is 6.92 Å². The highest BCUT2D eigenvalue weighted by atomic mass is 35.5. The normalized spacial score (nSPS) is 10.1. The molecule has 0 saturated carbocycles. The molecule has 92 valence electrons. The Kier molecular flexibility index (Phi) is 3.95. The molecular weight excluding hydrogens is 248 g/mol. The van der Waals surface area contributed by atoms with Gasteiger partial charge < -0.3 is 5.32 Å². The van der Waals surface area contributed by atoms with Gasteiger partial charge in [0, 0.05) is 18.3 Å². The van der Waals surface area contributed by atoms with Gasteiger partial charge >= 0.3 is 0 Å². The monoisotopic (exact) mass is 260 g/mol. The summed E-state index contributed by atoms with van der Waals surface area (Å²) in [5, 5.41) is 3.16. The third kappa shape index (κ3) is 3.31. The van der Waals surface area contributed by atoms with E-state index in [9.17, 15) is 4.79 Å². The number of carbonyl (C=O) groups is 1. The molecule has 2 rings (SSSR count). The van der Waals surface area contributed by atoms with Gasteiger partial charge in [-0.05, 0) is 24.6 Å². The van der Waals surface area contributed by atoms with Gasteiger partial charge in [0.15, 0.2) is 0 Å². The lowest BCUT2D eigenvalue weighted by Gasteiger charge is -2.06. The van der Waals surface area contributed by atoms with Crippen LogP contribution in [0.15, 0.2) is 42.6 Å². The average molecular weight is 261 g/mol. The highest BCUT2D eigenvalue weighted by Crippen LogP contribution is 2.08. The van der Waals surface area contributed by atoms with Crippen molar-refractivity contribution >= 4 is 17.5 Å². The fraction of sp³-hybridized carbons (Fsp3) is 0.143. The number of amides is 1. The number of carbonyl (C=O) groups excluding carboxylic acids is 1. The summed E-state index contributed by atoms with van der Waals surface area (Å²) in [7, 11) is 0. The third-order valence-corrected chi connectivity index (χ3v) is 2.73. The van der Waals surface area contributed by atoms with Gasteiger partial charge in [-0.15, -0.1) is 0 Å². The zero-order chi connectivity index (χ0) is 13.0. The van der Waals surface area contributed by atoms with E-state index in [1.54, 1.807) is 12.1 Å². The Morgan fingerprint density at radius 3 is 2.89 bits per heavy atom. The number of nitrogens with one attached hydrogen (secondary N) is 1. The van der Waals surface area contributed by atoms with Gasteiger partial charge in [0.25, 0.3) is 5.91 Å². The lowest BCUT2D eigenvalue weighted by Crippen LogP contribution is -2.22. The minimum Gasteiger partial charge on any atom is -0.348 e. The van der Waals surface area contributed by atoms with Crippen LogP contribution in [-0.2, 0) is 6.54 Å². The molecule has 0 aliphatic heterocycles. The quantitative estimate of drug-likeness (QED) is 0.862. The van der Waals surface area contributed by atoms with Gasteiger partial charge in [-0.2, -0.15) is 0 Å². The second-order valence-corrected chi connectivity index (χ2v) is 4.43. The highest BCUT2D eigenvalue weighted by Gasteiger charge is 2.05. The van der Waals surface area contributed by atoms with E-state index in [-0.39, 0.29) is 5.91 Å². The number of nitrogens with zero attached hydrogens (tertiary/aromatic N) is 1. The largest absolute Gasteiger partial charge is 0.348 e. The summed E-state index contributed by atoms with van der Waals surface area (Å²) in [4.78, 5) is 15.7. The maximum absolute atomic E-state index is 11.9. The SMILES string of the molecule is Cc1cccc(CNC(=O)c2ccnc(Cl)c2)c1. The Bertz CT molecular complexity index is 569. The Morgan fingerprint density at radius 2 is 2.17 bits per heavy atom. The topological polar surface area (TPSA) is 42.0 Å². The summed E-state index contributed by atoms with van der Waals surface area (Å²) in [6.45, 7) is 2.52. The van der Waals surface area contributed by atoms with Gasteiger partial charge in [-0.3, -0.25) is 4.79 Å². The number of rotatable bonds is 3. The molecule has 0 spiro atoms. The zero-order valence-corrected chi connectivity index (χ0v) is 10.7. The van der Waals surface area contributed by atoms with Crippen LogP contribution in [0.4, 0.5) is 0 Å². The number of halogens is 1. The van der Waals surface area contributed by atoms with Crippen molar-refractivity contribution in [1.82, 2.24) is 10.3 Å². The fourth-order valence-corrected chi connectivity index (χ4v) is 1.82. The van der Waals surface area contributed by atoms with Crippen molar-refractivity contribution in [2.24, 2.45) is 0 Å². The minimum absolute atomic E-state index is 0.152. The van der Waals surface area contributed by atoms with E-state index in [4.69, 9.17) is 11.6 Å². The Hall–Kier alpha value is -1.87. The van der Waals surface area contributed by atoms with E-state index in [1.165, 1.54) is 11.8 Å². The van der Waals surface area contributed by atoms with Crippen LogP contribution in [0.3, 0.4) is 0 Å². The molecule has 2 aromatic rings. The van der Waals surface area contributed by atoms with Crippen molar-refractivity contribution in [3.05, 3.63) is 64.4 Å². The summed E-state index contributed by atoms with van der Waals surface area (Å²) in [5.41, 5.74) is 2.76. The average Bonchev–Trinajstić information content (AvgIpc) is 2.36. The molecule has 0 aliphatic rings. The van der Waals surface area contributed by atoms with Crippen molar-refractivity contribution in [2.75, 3.05) is 0 Å². The van der Waals surface area contributed by atoms with Gasteiger partial charge in [-0.1, -0.05) is 41.4 Å². The molecule has 1 amide bonds. The first-order valence-corrected chi connectivity index (χ1v) is 5.98. The molecule has 0 fully saturated rings. The van der Waals surface area contributed by atoms with Crippen molar-refractivity contribution in [3.63, 3.8) is 0 Å². The number of benzene rings is 1. The number of aromatic nitrogens is 1. The number of hydrogen-bond donors (Lipinski definition) is 1. The second kappa shape index (κ2) is 5.65. The van der Waals surface area contributed by atoms with Gasteiger partial charge in [0.05, 0.1) is 0 Å². The van der Waals surface area contributed by atoms with Crippen molar-refractivity contribution < 1.29 is 4.79 Å². The summed E-state index contributed by atoms with van der Waals surface area (Å²) in [5.74, 6) is -0.152. The van der Waals surface area contributed by atoms with Gasteiger partial charge in [0.1, 0.15) is 5.15 Å². The molecule has 0 aliphatic carbocycles. The molecule has 0 bridgehead atoms. The fourth-order valence-electron chi connectivity index (χ4n) is 1.65.